The van der Waals surface area contributed by atoms with Gasteiger partial charge in [-0.3, -0.25) is 0 Å². The highest BCUT2D eigenvalue weighted by molar-refractivity contribution is 5.78. The lowest BCUT2D eigenvalue weighted by Gasteiger charge is -2.20. The smallest absolute Gasteiger partial charge is 0.163 e. The van der Waals surface area contributed by atoms with Gasteiger partial charge >= 0.3 is 0 Å². The molecule has 5 nitrogen and oxygen atoms in total. The summed E-state index contributed by atoms with van der Waals surface area (Å²) in [4.78, 5) is 0. The Bertz CT molecular complexity index is 740. The van der Waals surface area contributed by atoms with Crippen LogP contribution in [0.5, 0.6) is 11.5 Å². The minimum atomic E-state index is -0.585. The fourth-order valence-electron chi connectivity index (χ4n) is 2.10. The molecule has 0 saturated heterocycles. The number of nitrogens with two attached hydrogens (primary N) is 1. The summed E-state index contributed by atoms with van der Waals surface area (Å²) < 4.78 is 24.5. The molecule has 0 aromatic heterocycles. The minimum absolute atomic E-state index is 0.0632. The summed E-state index contributed by atoms with van der Waals surface area (Å²) in [6.07, 6.45) is 0. The molecule has 1 heterocycles. The number of rotatable bonds is 2. The molecule has 106 valence electrons. The molecule has 6 heteroatoms. The first-order valence-electron chi connectivity index (χ1n) is 6.34. The van der Waals surface area contributed by atoms with Crippen molar-refractivity contribution < 1.29 is 13.9 Å². The SMILES string of the molecule is N#Cc1c(F)cccc1Nc1cc2c(cc1N)OCCO2. The maximum absolute atomic E-state index is 13.6. The van der Waals surface area contributed by atoms with Gasteiger partial charge in [-0.25, -0.2) is 4.39 Å². The molecule has 0 spiro atoms. The van der Waals surface area contributed by atoms with Gasteiger partial charge < -0.3 is 20.5 Å². The summed E-state index contributed by atoms with van der Waals surface area (Å²) in [5.41, 5.74) is 7.18. The molecule has 3 N–H and O–H groups in total. The maximum Gasteiger partial charge on any atom is 0.163 e. The van der Waals surface area contributed by atoms with E-state index in [1.807, 2.05) is 6.07 Å². The molecule has 1 aliphatic heterocycles. The van der Waals surface area contributed by atoms with Crippen molar-refractivity contribution in [2.45, 2.75) is 0 Å². The number of nitrogen functional groups attached to an aromatic ring is 1. The fraction of sp³-hybridized carbons (Fsp3) is 0.133. The van der Waals surface area contributed by atoms with Crippen molar-refractivity contribution in [2.24, 2.45) is 0 Å². The van der Waals surface area contributed by atoms with Gasteiger partial charge in [0.2, 0.25) is 0 Å². The molecule has 2 aromatic rings. The number of halogens is 1. The van der Waals surface area contributed by atoms with Crippen LogP contribution in [0.4, 0.5) is 21.5 Å². The van der Waals surface area contributed by atoms with Gasteiger partial charge in [0, 0.05) is 12.1 Å². The number of ether oxygens (including phenoxy) is 2. The molecule has 0 amide bonds. The van der Waals surface area contributed by atoms with Crippen molar-refractivity contribution in [1.29, 1.82) is 5.26 Å². The third kappa shape index (κ3) is 2.41. The number of benzene rings is 2. The highest BCUT2D eigenvalue weighted by atomic mass is 19.1. The van der Waals surface area contributed by atoms with Crippen molar-refractivity contribution in [3.05, 3.63) is 41.7 Å². The Kier molecular flexibility index (Phi) is 3.24. The Morgan fingerprint density at radius 3 is 2.57 bits per heavy atom. The van der Waals surface area contributed by atoms with Crippen LogP contribution in [0.2, 0.25) is 0 Å². The van der Waals surface area contributed by atoms with E-state index in [1.165, 1.54) is 12.1 Å². The van der Waals surface area contributed by atoms with E-state index in [1.54, 1.807) is 18.2 Å². The van der Waals surface area contributed by atoms with Crippen molar-refractivity contribution in [3.8, 4) is 17.6 Å². The van der Waals surface area contributed by atoms with Crippen molar-refractivity contribution >= 4 is 17.1 Å². The number of anilines is 3. The molecule has 3 rings (SSSR count). The topological polar surface area (TPSA) is 80.3 Å². The first-order valence-corrected chi connectivity index (χ1v) is 6.34. The van der Waals surface area contributed by atoms with Crippen LogP contribution >= 0.6 is 0 Å². The summed E-state index contributed by atoms with van der Waals surface area (Å²) in [5, 5.41) is 12.0. The lowest BCUT2D eigenvalue weighted by Crippen LogP contribution is -2.15. The van der Waals surface area contributed by atoms with Gasteiger partial charge in [0.05, 0.1) is 17.1 Å². The summed E-state index contributed by atoms with van der Waals surface area (Å²) in [6, 6.07) is 9.51. The number of nitrogens with one attached hydrogen (secondary N) is 1. The molecule has 2 aromatic carbocycles. The minimum Gasteiger partial charge on any atom is -0.486 e. The Labute approximate surface area is 120 Å². The first kappa shape index (κ1) is 13.1. The van der Waals surface area contributed by atoms with Gasteiger partial charge in [-0.05, 0) is 12.1 Å². The first-order chi connectivity index (χ1) is 10.2. The third-order valence-electron chi connectivity index (χ3n) is 3.11. The highest BCUT2D eigenvalue weighted by Gasteiger charge is 2.16. The molecule has 1 aliphatic rings. The van der Waals surface area contributed by atoms with Gasteiger partial charge in [0.25, 0.3) is 0 Å². The summed E-state index contributed by atoms with van der Waals surface area (Å²) >= 11 is 0. The summed E-state index contributed by atoms with van der Waals surface area (Å²) in [5.74, 6) is 0.551. The molecule has 0 fully saturated rings. The van der Waals surface area contributed by atoms with Crippen LogP contribution in [0.1, 0.15) is 5.56 Å². The second-order valence-electron chi connectivity index (χ2n) is 4.48. The van der Waals surface area contributed by atoms with Crippen LogP contribution in [-0.4, -0.2) is 13.2 Å². The zero-order chi connectivity index (χ0) is 14.8. The van der Waals surface area contributed by atoms with Crippen LogP contribution in [-0.2, 0) is 0 Å². The zero-order valence-electron chi connectivity index (χ0n) is 11.0. The van der Waals surface area contributed by atoms with Crippen LogP contribution < -0.4 is 20.5 Å². The molecule has 0 atom stereocenters. The second kappa shape index (κ2) is 5.21. The number of hydrogen-bond acceptors (Lipinski definition) is 5. The molecule has 0 aliphatic carbocycles. The average Bonchev–Trinajstić information content (AvgIpc) is 2.48. The van der Waals surface area contributed by atoms with Gasteiger partial charge in [-0.15, -0.1) is 0 Å². The number of nitriles is 1. The zero-order valence-corrected chi connectivity index (χ0v) is 11.0. The Morgan fingerprint density at radius 1 is 1.14 bits per heavy atom. The molecule has 0 unspecified atom stereocenters. The lowest BCUT2D eigenvalue weighted by molar-refractivity contribution is 0.172. The van der Waals surface area contributed by atoms with Gasteiger partial charge in [-0.2, -0.15) is 5.26 Å². The molecule has 0 bridgehead atoms. The number of hydrogen-bond donors (Lipinski definition) is 2. The Hall–Kier alpha value is -2.94. The largest absolute Gasteiger partial charge is 0.486 e. The average molecular weight is 285 g/mol. The number of fused-ring (bicyclic) bond motifs is 1. The van der Waals surface area contributed by atoms with Crippen LogP contribution in [0.15, 0.2) is 30.3 Å². The fourth-order valence-corrected chi connectivity index (χ4v) is 2.10. The summed E-state index contributed by atoms with van der Waals surface area (Å²) in [6.45, 7) is 0.932. The third-order valence-corrected chi connectivity index (χ3v) is 3.11. The molecule has 21 heavy (non-hydrogen) atoms. The molecule has 0 radical (unpaired) electrons. The Balaban J connectivity index is 1.99. The van der Waals surface area contributed by atoms with Gasteiger partial charge in [0.1, 0.15) is 30.7 Å². The monoisotopic (exact) mass is 285 g/mol. The van der Waals surface area contributed by atoms with Crippen molar-refractivity contribution in [3.63, 3.8) is 0 Å². The molecular formula is C15H12FN3O2. The highest BCUT2D eigenvalue weighted by Crippen LogP contribution is 2.38. The van der Waals surface area contributed by atoms with E-state index in [0.717, 1.165) is 0 Å². The van der Waals surface area contributed by atoms with Crippen LogP contribution in [0.3, 0.4) is 0 Å². The lowest BCUT2D eigenvalue weighted by atomic mass is 10.1. The Morgan fingerprint density at radius 2 is 1.86 bits per heavy atom. The van der Waals surface area contributed by atoms with Crippen molar-refractivity contribution in [1.82, 2.24) is 0 Å². The van der Waals surface area contributed by atoms with E-state index in [2.05, 4.69) is 5.32 Å². The van der Waals surface area contributed by atoms with E-state index in [9.17, 15) is 4.39 Å². The predicted octanol–water partition coefficient (Wildman–Crippen LogP) is 2.79. The van der Waals surface area contributed by atoms with E-state index >= 15 is 0 Å². The quantitative estimate of drug-likeness (QED) is 0.829. The van der Waals surface area contributed by atoms with E-state index in [0.29, 0.717) is 41.8 Å². The van der Waals surface area contributed by atoms with Crippen LogP contribution in [0.25, 0.3) is 0 Å². The summed E-state index contributed by atoms with van der Waals surface area (Å²) in [7, 11) is 0. The van der Waals surface area contributed by atoms with Gasteiger partial charge in [0.15, 0.2) is 11.5 Å². The van der Waals surface area contributed by atoms with E-state index in [-0.39, 0.29) is 5.56 Å². The maximum atomic E-state index is 13.6. The number of nitrogens with zero attached hydrogens (tertiary/aromatic N) is 1. The van der Waals surface area contributed by atoms with Crippen LogP contribution in [0, 0.1) is 17.1 Å². The molecular weight excluding hydrogens is 273 g/mol. The predicted molar refractivity (Wildman–Crippen MR) is 76.2 cm³/mol. The molecule has 0 saturated carbocycles. The normalized spacial score (nSPS) is 12.6. The van der Waals surface area contributed by atoms with Gasteiger partial charge in [-0.1, -0.05) is 6.07 Å². The van der Waals surface area contributed by atoms with E-state index in [4.69, 9.17) is 20.5 Å². The second-order valence-corrected chi connectivity index (χ2v) is 4.48. The van der Waals surface area contributed by atoms with Crippen molar-refractivity contribution in [2.75, 3.05) is 24.3 Å². The van der Waals surface area contributed by atoms with E-state index < -0.39 is 5.82 Å². The standard InChI is InChI=1S/C15H12FN3O2/c16-10-2-1-3-12(9(10)8-17)19-13-7-15-14(6-11(13)18)20-4-5-21-15/h1-3,6-7,19H,4-5,18H2.